The number of pyridine rings is 2. The molecule has 0 saturated carbocycles. The molecule has 0 bridgehead atoms. The number of halogens is 2. The second kappa shape index (κ2) is 15.2. The van der Waals surface area contributed by atoms with Gasteiger partial charge in [-0.15, -0.1) is 0 Å². The van der Waals surface area contributed by atoms with Crippen LogP contribution in [0, 0.1) is 12.8 Å². The number of imidazole rings is 1. The fraction of sp³-hybridized carbons (Fsp3) is 0.324. The maximum absolute atomic E-state index is 14.1. The van der Waals surface area contributed by atoms with Gasteiger partial charge in [0.1, 0.15) is 28.8 Å². The summed E-state index contributed by atoms with van der Waals surface area (Å²) >= 11 is 13.4. The highest BCUT2D eigenvalue weighted by Crippen LogP contribution is 2.37. The van der Waals surface area contributed by atoms with E-state index in [2.05, 4.69) is 15.3 Å². The van der Waals surface area contributed by atoms with Crippen LogP contribution in [0.15, 0.2) is 84.5 Å². The van der Waals surface area contributed by atoms with Crippen molar-refractivity contribution in [3.63, 3.8) is 0 Å². The van der Waals surface area contributed by atoms with E-state index in [0.29, 0.717) is 54.9 Å². The summed E-state index contributed by atoms with van der Waals surface area (Å²) < 4.78 is 37.6. The number of nitrogens with zero attached hydrogens (tertiary/aromatic N) is 6. The quantitative estimate of drug-likeness (QED) is 0.188. The summed E-state index contributed by atoms with van der Waals surface area (Å²) in [6, 6.07) is 12.9. The van der Waals surface area contributed by atoms with Crippen molar-refractivity contribution in [3.05, 3.63) is 107 Å². The number of amides is 2. The van der Waals surface area contributed by atoms with Crippen LogP contribution in [-0.2, 0) is 21.4 Å². The average molecular weight is 763 g/mol. The Kier molecular flexibility index (Phi) is 10.5. The molecule has 5 heterocycles. The SMILES string of the molecule is Cc1cc(-n2ccnc2)c2cccc(OCc3c(Cl)ccc(S(=O)(=O)N4CCC[C@H]4C(=O)NCC4CCN(C(=O)c5ccncc5)CC4)c3Cl)c2n1. The number of aromatic nitrogens is 4. The first kappa shape index (κ1) is 35.8. The molecule has 2 aromatic carbocycles. The van der Waals surface area contributed by atoms with Gasteiger partial charge in [0, 0.05) is 78.2 Å². The van der Waals surface area contributed by atoms with Gasteiger partial charge in [-0.2, -0.15) is 4.31 Å². The standard InChI is InChI=1S/C37H37Cl2N7O5S/c1-24-20-31(45-19-15-41-23-45)27-4-2-6-32(35(27)43-24)51-22-28-29(38)7-8-33(34(28)39)52(49,50)46-16-3-5-30(46)36(47)42-21-25-11-17-44(18-12-25)37(48)26-9-13-40-14-10-26/h2,4,6-10,13-15,19-20,23,25,30H,3,5,11-12,16-18,21-22H2,1H3,(H,42,47)/t30-/m0/s1. The van der Waals surface area contributed by atoms with Crippen molar-refractivity contribution >= 4 is 55.9 Å². The molecule has 0 unspecified atom stereocenters. The smallest absolute Gasteiger partial charge is 0.253 e. The second-order valence-corrected chi connectivity index (χ2v) is 15.7. The lowest BCUT2D eigenvalue weighted by atomic mass is 9.96. The van der Waals surface area contributed by atoms with Gasteiger partial charge in [-0.25, -0.2) is 18.4 Å². The Labute approximate surface area is 311 Å². The minimum absolute atomic E-state index is 0.0342. The molecule has 0 aliphatic carbocycles. The van der Waals surface area contributed by atoms with Gasteiger partial charge in [-0.3, -0.25) is 14.6 Å². The molecular weight excluding hydrogens is 725 g/mol. The van der Waals surface area contributed by atoms with E-state index in [-0.39, 0.29) is 45.8 Å². The first-order chi connectivity index (χ1) is 25.1. The lowest BCUT2D eigenvalue weighted by Crippen LogP contribution is -2.48. The number of rotatable bonds is 10. The largest absolute Gasteiger partial charge is 0.487 e. The number of aryl methyl sites for hydroxylation is 1. The zero-order valence-corrected chi connectivity index (χ0v) is 30.7. The number of hydrogen-bond donors (Lipinski definition) is 1. The van der Waals surface area contributed by atoms with Crippen LogP contribution in [0.5, 0.6) is 5.75 Å². The summed E-state index contributed by atoms with van der Waals surface area (Å²) in [5.41, 5.74) is 3.19. The van der Waals surface area contributed by atoms with Crippen molar-refractivity contribution in [1.82, 2.24) is 34.0 Å². The van der Waals surface area contributed by atoms with Crippen LogP contribution in [0.25, 0.3) is 16.6 Å². The van der Waals surface area contributed by atoms with E-state index in [1.54, 1.807) is 43.1 Å². The van der Waals surface area contributed by atoms with E-state index >= 15 is 0 Å². The predicted molar refractivity (Wildman–Crippen MR) is 197 cm³/mol. The molecule has 5 aromatic rings. The number of sulfonamides is 1. The number of ether oxygens (including phenoxy) is 1. The molecule has 15 heteroatoms. The Morgan fingerprint density at radius 3 is 2.52 bits per heavy atom. The molecule has 2 aliphatic rings. The van der Waals surface area contributed by atoms with Crippen LogP contribution >= 0.6 is 23.2 Å². The van der Waals surface area contributed by atoms with Crippen LogP contribution in [0.3, 0.4) is 0 Å². The number of fused-ring (bicyclic) bond motifs is 1. The first-order valence-electron chi connectivity index (χ1n) is 17.1. The van der Waals surface area contributed by atoms with E-state index in [4.69, 9.17) is 32.9 Å². The summed E-state index contributed by atoms with van der Waals surface area (Å²) in [5, 5.41) is 4.02. The molecule has 270 valence electrons. The Balaban J connectivity index is 1.02. The molecule has 2 saturated heterocycles. The van der Waals surface area contributed by atoms with Gasteiger partial charge in [-0.1, -0.05) is 35.3 Å². The third-order valence-corrected chi connectivity index (χ3v) is 12.5. The van der Waals surface area contributed by atoms with Gasteiger partial charge in [0.05, 0.1) is 17.0 Å². The lowest BCUT2D eigenvalue weighted by molar-refractivity contribution is -0.124. The Morgan fingerprint density at radius 1 is 0.981 bits per heavy atom. The van der Waals surface area contributed by atoms with Crippen molar-refractivity contribution in [2.24, 2.45) is 5.92 Å². The van der Waals surface area contributed by atoms with Gasteiger partial charge in [0.2, 0.25) is 15.9 Å². The summed E-state index contributed by atoms with van der Waals surface area (Å²) in [7, 11) is -4.19. The molecular formula is C37H37Cl2N7O5S. The Morgan fingerprint density at radius 2 is 1.77 bits per heavy atom. The highest BCUT2D eigenvalue weighted by Gasteiger charge is 2.41. The summed E-state index contributed by atoms with van der Waals surface area (Å²) in [4.78, 5) is 40.8. The highest BCUT2D eigenvalue weighted by atomic mass is 35.5. The van der Waals surface area contributed by atoms with Crippen LogP contribution in [0.1, 0.15) is 47.3 Å². The number of nitrogens with one attached hydrogen (secondary N) is 1. The molecule has 7 rings (SSSR count). The first-order valence-corrected chi connectivity index (χ1v) is 19.3. The van der Waals surface area contributed by atoms with Crippen molar-refractivity contribution in [3.8, 4) is 11.4 Å². The van der Waals surface area contributed by atoms with E-state index < -0.39 is 16.1 Å². The molecule has 12 nitrogen and oxygen atoms in total. The van der Waals surface area contributed by atoms with E-state index in [9.17, 15) is 18.0 Å². The minimum atomic E-state index is -4.19. The number of hydrogen-bond acceptors (Lipinski definition) is 8. The fourth-order valence-corrected chi connectivity index (χ4v) is 9.43. The number of benzene rings is 2. The molecule has 3 aromatic heterocycles. The normalized spacial score (nSPS) is 17.1. The average Bonchev–Trinajstić information content (AvgIpc) is 3.88. The highest BCUT2D eigenvalue weighted by molar-refractivity contribution is 7.89. The number of carbonyl (C=O) groups is 2. The van der Waals surface area contributed by atoms with Crippen molar-refractivity contribution in [1.29, 1.82) is 0 Å². The van der Waals surface area contributed by atoms with Crippen LogP contribution in [-0.4, -0.2) is 81.2 Å². The summed E-state index contributed by atoms with van der Waals surface area (Å²) in [6.07, 6.45) is 10.8. The topological polar surface area (TPSA) is 140 Å². The summed E-state index contributed by atoms with van der Waals surface area (Å²) in [6.45, 7) is 3.51. The van der Waals surface area contributed by atoms with Gasteiger partial charge < -0.3 is 19.5 Å². The second-order valence-electron chi connectivity index (χ2n) is 13.0. The van der Waals surface area contributed by atoms with Crippen molar-refractivity contribution < 1.29 is 22.7 Å². The third kappa shape index (κ3) is 7.23. The van der Waals surface area contributed by atoms with Crippen molar-refractivity contribution in [2.75, 3.05) is 26.2 Å². The summed E-state index contributed by atoms with van der Waals surface area (Å²) in [5.74, 6) is 0.265. The Hall–Kier alpha value is -4.56. The number of carbonyl (C=O) groups excluding carboxylic acids is 2. The monoisotopic (exact) mass is 761 g/mol. The minimum Gasteiger partial charge on any atom is -0.487 e. The van der Waals surface area contributed by atoms with E-state index in [0.717, 1.165) is 29.6 Å². The Bertz CT molecular complexity index is 2210. The number of para-hydroxylation sites is 1. The van der Waals surface area contributed by atoms with Crippen LogP contribution in [0.2, 0.25) is 10.0 Å². The maximum Gasteiger partial charge on any atom is 0.253 e. The van der Waals surface area contributed by atoms with Gasteiger partial charge in [-0.05, 0) is 74.9 Å². The van der Waals surface area contributed by atoms with E-state index in [1.165, 1.54) is 16.4 Å². The molecule has 0 radical (unpaired) electrons. The van der Waals surface area contributed by atoms with Crippen molar-refractivity contribution in [2.45, 2.75) is 50.2 Å². The third-order valence-electron chi connectivity index (χ3n) is 9.70. The van der Waals surface area contributed by atoms with Gasteiger partial charge >= 0.3 is 0 Å². The molecule has 1 atom stereocenters. The molecule has 0 spiro atoms. The molecule has 1 N–H and O–H groups in total. The molecule has 2 fully saturated rings. The predicted octanol–water partition coefficient (Wildman–Crippen LogP) is 5.83. The van der Waals surface area contributed by atoms with Crippen LogP contribution < -0.4 is 10.1 Å². The number of likely N-dealkylation sites (tertiary alicyclic amines) is 1. The fourth-order valence-electron chi connectivity index (χ4n) is 6.91. The zero-order valence-electron chi connectivity index (χ0n) is 28.4. The number of piperidine rings is 1. The molecule has 2 aliphatic heterocycles. The molecule has 52 heavy (non-hydrogen) atoms. The molecule has 2 amide bonds. The lowest BCUT2D eigenvalue weighted by Gasteiger charge is -2.32. The van der Waals surface area contributed by atoms with E-state index in [1.807, 2.05) is 40.8 Å². The zero-order chi connectivity index (χ0) is 36.4. The maximum atomic E-state index is 14.1. The van der Waals surface area contributed by atoms with Gasteiger partial charge in [0.25, 0.3) is 5.91 Å². The van der Waals surface area contributed by atoms with Gasteiger partial charge in [0.15, 0.2) is 0 Å². The van der Waals surface area contributed by atoms with Crippen LogP contribution in [0.4, 0.5) is 0 Å².